The molecule has 0 unspecified atom stereocenters. The van der Waals surface area contributed by atoms with E-state index in [2.05, 4.69) is 4.98 Å². The second-order valence-electron chi connectivity index (χ2n) is 4.95. The summed E-state index contributed by atoms with van der Waals surface area (Å²) in [5.74, 6) is -1.39. The highest BCUT2D eigenvalue weighted by atomic mass is 32.1. The Morgan fingerprint density at radius 1 is 1.39 bits per heavy atom. The van der Waals surface area contributed by atoms with Crippen molar-refractivity contribution in [1.29, 1.82) is 0 Å². The van der Waals surface area contributed by atoms with E-state index >= 15 is 0 Å². The number of aliphatic carboxylic acids is 1. The van der Waals surface area contributed by atoms with Crippen LogP contribution in [0.1, 0.15) is 15.4 Å². The fourth-order valence-corrected chi connectivity index (χ4v) is 2.73. The van der Waals surface area contributed by atoms with Gasteiger partial charge >= 0.3 is 5.97 Å². The zero-order chi connectivity index (χ0) is 16.8. The number of carboxylic acid groups (broad SMARTS) is 1. The summed E-state index contributed by atoms with van der Waals surface area (Å²) in [6, 6.07) is 7.06. The van der Waals surface area contributed by atoms with Gasteiger partial charge in [0.1, 0.15) is 6.54 Å². The number of nitrogens with zero attached hydrogens (tertiary/aromatic N) is 2. The molecule has 1 amide bonds. The lowest BCUT2D eigenvalue weighted by Gasteiger charge is -2.20. The first-order chi connectivity index (χ1) is 11.0. The first-order valence-electron chi connectivity index (χ1n) is 7.04. The van der Waals surface area contributed by atoms with Gasteiger partial charge in [0.05, 0.1) is 17.3 Å². The number of hydrogen-bond donors (Lipinski definition) is 1. The molecule has 0 saturated heterocycles. The number of rotatable bonds is 7. The third kappa shape index (κ3) is 4.61. The van der Waals surface area contributed by atoms with Crippen LogP contribution in [-0.2, 0) is 9.53 Å². The summed E-state index contributed by atoms with van der Waals surface area (Å²) < 4.78 is 4.94. The molecule has 0 aliphatic rings. The molecule has 2 aromatic rings. The molecule has 0 atom stereocenters. The lowest BCUT2D eigenvalue weighted by molar-refractivity contribution is -0.137. The summed E-state index contributed by atoms with van der Waals surface area (Å²) in [5.41, 5.74) is 2.08. The normalized spacial score (nSPS) is 10.5. The van der Waals surface area contributed by atoms with Crippen molar-refractivity contribution in [2.45, 2.75) is 6.92 Å². The topological polar surface area (TPSA) is 79.7 Å². The fraction of sp³-hybridized carbons (Fsp3) is 0.312. The summed E-state index contributed by atoms with van der Waals surface area (Å²) >= 11 is 1.54. The minimum atomic E-state index is -1.05. The van der Waals surface area contributed by atoms with Crippen molar-refractivity contribution in [3.8, 4) is 11.3 Å². The van der Waals surface area contributed by atoms with Crippen LogP contribution in [0.5, 0.6) is 0 Å². The highest BCUT2D eigenvalue weighted by Gasteiger charge is 2.19. The van der Waals surface area contributed by atoms with Crippen LogP contribution in [-0.4, -0.2) is 53.7 Å². The van der Waals surface area contributed by atoms with Crippen molar-refractivity contribution < 1.29 is 19.4 Å². The van der Waals surface area contributed by atoms with E-state index in [9.17, 15) is 9.59 Å². The van der Waals surface area contributed by atoms with Crippen LogP contribution in [0.15, 0.2) is 29.6 Å². The first-order valence-corrected chi connectivity index (χ1v) is 7.92. The van der Waals surface area contributed by atoms with E-state index in [1.165, 1.54) is 23.3 Å². The van der Waals surface area contributed by atoms with Gasteiger partial charge in [0, 0.05) is 30.2 Å². The molecule has 0 aliphatic heterocycles. The van der Waals surface area contributed by atoms with E-state index in [1.807, 2.05) is 18.4 Å². The highest BCUT2D eigenvalue weighted by molar-refractivity contribution is 7.09. The molecule has 0 spiro atoms. The first kappa shape index (κ1) is 17.1. The average molecular weight is 334 g/mol. The van der Waals surface area contributed by atoms with E-state index in [1.54, 1.807) is 18.2 Å². The molecular formula is C16H18N2O4S. The van der Waals surface area contributed by atoms with Crippen molar-refractivity contribution >= 4 is 23.2 Å². The number of methoxy groups -OCH3 is 1. The van der Waals surface area contributed by atoms with Gasteiger partial charge < -0.3 is 14.7 Å². The number of amides is 1. The van der Waals surface area contributed by atoms with Gasteiger partial charge in [-0.3, -0.25) is 9.59 Å². The second kappa shape index (κ2) is 7.85. The van der Waals surface area contributed by atoms with Gasteiger partial charge in [0.15, 0.2) is 0 Å². The van der Waals surface area contributed by atoms with Crippen LogP contribution in [0.3, 0.4) is 0 Å². The van der Waals surface area contributed by atoms with Crippen molar-refractivity contribution in [2.75, 3.05) is 26.8 Å². The third-order valence-corrected chi connectivity index (χ3v) is 3.98. The predicted molar refractivity (Wildman–Crippen MR) is 87.7 cm³/mol. The molecule has 0 bridgehead atoms. The Morgan fingerprint density at radius 3 is 2.78 bits per heavy atom. The lowest BCUT2D eigenvalue weighted by Crippen LogP contribution is -2.38. The van der Waals surface area contributed by atoms with Crippen LogP contribution in [0, 0.1) is 6.92 Å². The van der Waals surface area contributed by atoms with Gasteiger partial charge in [0.25, 0.3) is 5.91 Å². The highest BCUT2D eigenvalue weighted by Crippen LogP contribution is 2.22. The van der Waals surface area contributed by atoms with Gasteiger partial charge in [-0.25, -0.2) is 4.98 Å². The summed E-state index contributed by atoms with van der Waals surface area (Å²) in [6.07, 6.45) is 0. The third-order valence-electron chi connectivity index (χ3n) is 3.20. The SMILES string of the molecule is COCCN(CC(=O)O)C(=O)c1cccc(-c2csc(C)n2)c1. The summed E-state index contributed by atoms with van der Waals surface area (Å²) in [5, 5.41) is 11.8. The van der Waals surface area contributed by atoms with E-state index in [0.29, 0.717) is 5.56 Å². The van der Waals surface area contributed by atoms with Crippen molar-refractivity contribution in [3.05, 3.63) is 40.2 Å². The zero-order valence-electron chi connectivity index (χ0n) is 13.0. The average Bonchev–Trinajstić information content (AvgIpc) is 2.97. The maximum Gasteiger partial charge on any atom is 0.323 e. The van der Waals surface area contributed by atoms with Crippen LogP contribution in [0.4, 0.5) is 0 Å². The fourth-order valence-electron chi connectivity index (χ4n) is 2.11. The summed E-state index contributed by atoms with van der Waals surface area (Å²) in [6.45, 7) is 2.07. The Hall–Kier alpha value is -2.25. The number of aromatic nitrogens is 1. The number of aryl methyl sites for hydroxylation is 1. The van der Waals surface area contributed by atoms with E-state index in [0.717, 1.165) is 16.3 Å². The Kier molecular flexibility index (Phi) is 5.84. The maximum atomic E-state index is 12.6. The van der Waals surface area contributed by atoms with Crippen molar-refractivity contribution in [2.24, 2.45) is 0 Å². The molecule has 1 aromatic heterocycles. The van der Waals surface area contributed by atoms with Crippen LogP contribution >= 0.6 is 11.3 Å². The largest absolute Gasteiger partial charge is 0.480 e. The second-order valence-corrected chi connectivity index (χ2v) is 6.01. The number of ether oxygens (including phenoxy) is 1. The van der Waals surface area contributed by atoms with Gasteiger partial charge in [-0.05, 0) is 19.1 Å². The van der Waals surface area contributed by atoms with Crippen LogP contribution in [0.2, 0.25) is 0 Å². The predicted octanol–water partition coefficient (Wildman–Crippen LogP) is 2.29. The van der Waals surface area contributed by atoms with Gasteiger partial charge in [-0.1, -0.05) is 12.1 Å². The molecule has 23 heavy (non-hydrogen) atoms. The number of hydrogen-bond acceptors (Lipinski definition) is 5. The monoisotopic (exact) mass is 334 g/mol. The zero-order valence-corrected chi connectivity index (χ0v) is 13.8. The molecule has 1 aromatic carbocycles. The Labute approximate surface area is 138 Å². The van der Waals surface area contributed by atoms with E-state index < -0.39 is 5.97 Å². The number of carboxylic acids is 1. The summed E-state index contributed by atoms with van der Waals surface area (Å²) in [4.78, 5) is 29.2. The molecule has 122 valence electrons. The van der Waals surface area contributed by atoms with Gasteiger partial charge in [-0.2, -0.15) is 0 Å². The van der Waals surface area contributed by atoms with Gasteiger partial charge in [0.2, 0.25) is 0 Å². The molecule has 0 fully saturated rings. The minimum Gasteiger partial charge on any atom is -0.480 e. The Bertz CT molecular complexity index is 699. The molecule has 6 nitrogen and oxygen atoms in total. The Balaban J connectivity index is 2.24. The molecule has 7 heteroatoms. The van der Waals surface area contributed by atoms with Crippen LogP contribution in [0.25, 0.3) is 11.3 Å². The number of carbonyl (C=O) groups is 2. The molecule has 0 saturated carbocycles. The van der Waals surface area contributed by atoms with E-state index in [-0.39, 0.29) is 25.6 Å². The molecule has 2 rings (SSSR count). The van der Waals surface area contributed by atoms with Crippen molar-refractivity contribution in [3.63, 3.8) is 0 Å². The lowest BCUT2D eigenvalue weighted by atomic mass is 10.1. The van der Waals surface area contributed by atoms with Gasteiger partial charge in [-0.15, -0.1) is 11.3 Å². The Morgan fingerprint density at radius 2 is 2.17 bits per heavy atom. The maximum absolute atomic E-state index is 12.6. The number of thiazole rings is 1. The van der Waals surface area contributed by atoms with Crippen LogP contribution < -0.4 is 0 Å². The molecule has 1 N–H and O–H groups in total. The van der Waals surface area contributed by atoms with Crippen molar-refractivity contribution in [1.82, 2.24) is 9.88 Å². The number of benzene rings is 1. The molecule has 1 heterocycles. The quantitative estimate of drug-likeness (QED) is 0.840. The smallest absolute Gasteiger partial charge is 0.323 e. The van der Waals surface area contributed by atoms with E-state index in [4.69, 9.17) is 9.84 Å². The number of carbonyl (C=O) groups excluding carboxylic acids is 1. The minimum absolute atomic E-state index is 0.224. The standard InChI is InChI=1S/C16H18N2O4S/c1-11-17-14(10-23-11)12-4-3-5-13(8-12)16(21)18(6-7-22-2)9-15(19)20/h3-5,8,10H,6-7,9H2,1-2H3,(H,19,20). The molecule has 0 aliphatic carbocycles. The summed E-state index contributed by atoms with van der Waals surface area (Å²) in [7, 11) is 1.51. The molecular weight excluding hydrogens is 316 g/mol. The molecule has 0 radical (unpaired) electrons.